The van der Waals surface area contributed by atoms with Crippen molar-refractivity contribution >= 4 is 11.9 Å². The molecule has 2 heterocycles. The largest absolute Gasteiger partial charge is 0.504 e. The van der Waals surface area contributed by atoms with Gasteiger partial charge in [0.2, 0.25) is 5.91 Å². The Morgan fingerprint density at radius 3 is 2.90 bits per heavy atom. The first-order chi connectivity index (χ1) is 14.9. The normalized spacial score (nSPS) is 32.7. The zero-order chi connectivity index (χ0) is 21.9. The van der Waals surface area contributed by atoms with Crippen LogP contribution in [0.5, 0.6) is 17.2 Å². The van der Waals surface area contributed by atoms with Crippen molar-refractivity contribution in [1.82, 2.24) is 15.5 Å². The summed E-state index contributed by atoms with van der Waals surface area (Å²) in [5.74, 6) is 0.370. The summed E-state index contributed by atoms with van der Waals surface area (Å²) < 4.78 is 12.1. The molecule has 4 N–H and O–H groups in total. The molecule has 1 aromatic carbocycles. The summed E-state index contributed by atoms with van der Waals surface area (Å²) in [6.45, 7) is 0.581. The summed E-state index contributed by atoms with van der Waals surface area (Å²) in [7, 11) is 3.81. The molecule has 2 aliphatic carbocycles. The lowest BCUT2D eigenvalue weighted by Gasteiger charge is -2.59. The fraction of sp³-hybridized carbons (Fsp3) is 0.636. The highest BCUT2D eigenvalue weighted by molar-refractivity contribution is 5.82. The van der Waals surface area contributed by atoms with Crippen LogP contribution in [-0.4, -0.2) is 79.0 Å². The van der Waals surface area contributed by atoms with E-state index in [9.17, 15) is 14.7 Å². The van der Waals surface area contributed by atoms with Crippen LogP contribution in [0.1, 0.15) is 30.4 Å². The lowest BCUT2D eigenvalue weighted by molar-refractivity contribution is -0.137. The van der Waals surface area contributed by atoms with Crippen LogP contribution in [-0.2, 0) is 21.4 Å². The maximum atomic E-state index is 12.1. The Labute approximate surface area is 180 Å². The van der Waals surface area contributed by atoms with Crippen LogP contribution in [0.15, 0.2) is 6.07 Å². The summed E-state index contributed by atoms with van der Waals surface area (Å²) >= 11 is 0. The number of phenolic OH excluding ortho intramolecular Hbond substituents is 1. The van der Waals surface area contributed by atoms with Crippen molar-refractivity contribution in [3.63, 3.8) is 0 Å². The lowest BCUT2D eigenvalue weighted by atomic mass is 9.51. The Bertz CT molecular complexity index is 936. The van der Waals surface area contributed by atoms with Gasteiger partial charge in [0.1, 0.15) is 18.4 Å². The first-order valence-corrected chi connectivity index (χ1v) is 10.9. The average molecular weight is 431 g/mol. The minimum Gasteiger partial charge on any atom is -0.504 e. The van der Waals surface area contributed by atoms with E-state index in [1.807, 2.05) is 0 Å². The third-order valence-corrected chi connectivity index (χ3v) is 7.86. The van der Waals surface area contributed by atoms with Gasteiger partial charge in [-0.15, -0.1) is 0 Å². The summed E-state index contributed by atoms with van der Waals surface area (Å²) in [5.41, 5.74) is 2.01. The highest BCUT2D eigenvalue weighted by atomic mass is 16.5. The minimum atomic E-state index is -1.07. The molecule has 2 fully saturated rings. The third kappa shape index (κ3) is 2.90. The quantitative estimate of drug-likeness (QED) is 0.505. The number of nitrogens with zero attached hydrogens (tertiary/aromatic N) is 1. The summed E-state index contributed by atoms with van der Waals surface area (Å²) in [6, 6.07) is 1.97. The highest BCUT2D eigenvalue weighted by Crippen LogP contribution is 2.65. The van der Waals surface area contributed by atoms with E-state index in [1.54, 1.807) is 13.2 Å². The molecule has 2 bridgehead atoms. The predicted molar refractivity (Wildman–Crippen MR) is 111 cm³/mol. The van der Waals surface area contributed by atoms with Crippen LogP contribution in [0.25, 0.3) is 0 Å². The van der Waals surface area contributed by atoms with Crippen molar-refractivity contribution in [1.29, 1.82) is 0 Å². The number of aliphatic carboxylic acids is 1. The molecule has 1 aromatic rings. The fourth-order valence-electron chi connectivity index (χ4n) is 6.64. The van der Waals surface area contributed by atoms with E-state index < -0.39 is 12.5 Å². The van der Waals surface area contributed by atoms with Crippen LogP contribution in [0.4, 0.5) is 0 Å². The van der Waals surface area contributed by atoms with E-state index >= 15 is 0 Å². The van der Waals surface area contributed by atoms with E-state index in [1.165, 1.54) is 0 Å². The Balaban J connectivity index is 1.49. The molecule has 0 aromatic heterocycles. The van der Waals surface area contributed by atoms with Crippen molar-refractivity contribution in [2.24, 2.45) is 5.92 Å². The van der Waals surface area contributed by atoms with Gasteiger partial charge in [-0.3, -0.25) is 9.59 Å². The Morgan fingerprint density at radius 1 is 1.35 bits per heavy atom. The first kappa shape index (κ1) is 20.4. The van der Waals surface area contributed by atoms with Crippen LogP contribution in [0.2, 0.25) is 0 Å². The smallest absolute Gasteiger partial charge is 0.322 e. The van der Waals surface area contributed by atoms with Crippen molar-refractivity contribution in [2.75, 3.05) is 33.8 Å². The number of hydrogen-bond acceptors (Lipinski definition) is 7. The van der Waals surface area contributed by atoms with E-state index in [4.69, 9.17) is 14.6 Å². The standard InChI is InChI=1S/C22H29N3O6/c1-25-6-5-22-12-3-4-13(23-9-17(27)24-10-18(28)29)21(22)31-20-15(26)8-16(30-2)11(19(20)22)7-14(12)25/h8,12-14,21,23,26H,3-7,9-10H2,1-2H3,(H,24,27)(H,28,29)/t12-,13-,14+,21-,22-/m0/s1. The predicted octanol–water partition coefficient (Wildman–Crippen LogP) is 0.229. The molecule has 0 radical (unpaired) electrons. The zero-order valence-electron chi connectivity index (χ0n) is 17.8. The lowest BCUT2D eigenvalue weighted by Crippen LogP contribution is -2.68. The van der Waals surface area contributed by atoms with Gasteiger partial charge in [0.25, 0.3) is 0 Å². The monoisotopic (exact) mass is 431 g/mol. The van der Waals surface area contributed by atoms with Gasteiger partial charge in [0, 0.05) is 34.7 Å². The molecular formula is C22H29N3O6. The molecule has 9 nitrogen and oxygen atoms in total. The molecule has 1 saturated carbocycles. The second-order valence-electron chi connectivity index (χ2n) is 9.20. The summed E-state index contributed by atoms with van der Waals surface area (Å²) in [6.07, 6.45) is 3.46. The van der Waals surface area contributed by atoms with E-state index in [-0.39, 0.29) is 35.8 Å². The molecule has 9 heteroatoms. The molecule has 0 unspecified atom stereocenters. The van der Waals surface area contributed by atoms with Crippen LogP contribution < -0.4 is 20.1 Å². The van der Waals surface area contributed by atoms with Gasteiger partial charge in [0.05, 0.1) is 13.7 Å². The Hall–Kier alpha value is -2.52. The topological polar surface area (TPSA) is 120 Å². The van der Waals surface area contributed by atoms with Crippen molar-refractivity contribution in [2.45, 2.75) is 49.3 Å². The molecule has 1 saturated heterocycles. The number of ether oxygens (including phenoxy) is 2. The highest BCUT2D eigenvalue weighted by Gasteiger charge is 2.65. The molecule has 4 aliphatic rings. The number of benzene rings is 1. The van der Waals surface area contributed by atoms with Gasteiger partial charge in [-0.25, -0.2) is 0 Å². The minimum absolute atomic E-state index is 0.0282. The third-order valence-electron chi connectivity index (χ3n) is 7.86. The van der Waals surface area contributed by atoms with E-state index in [0.29, 0.717) is 23.5 Å². The van der Waals surface area contributed by atoms with Crippen molar-refractivity contribution in [3.8, 4) is 17.2 Å². The van der Waals surface area contributed by atoms with Gasteiger partial charge in [-0.2, -0.15) is 0 Å². The molecule has 31 heavy (non-hydrogen) atoms. The van der Waals surface area contributed by atoms with E-state index in [0.717, 1.165) is 43.4 Å². The second-order valence-corrected chi connectivity index (χ2v) is 9.20. The Morgan fingerprint density at radius 2 is 2.16 bits per heavy atom. The number of hydrogen-bond donors (Lipinski definition) is 4. The molecule has 1 spiro atoms. The van der Waals surface area contributed by atoms with Crippen LogP contribution >= 0.6 is 0 Å². The number of carbonyl (C=O) groups excluding carboxylic acids is 1. The number of carbonyl (C=O) groups is 2. The van der Waals surface area contributed by atoms with Gasteiger partial charge >= 0.3 is 5.97 Å². The number of aromatic hydroxyl groups is 1. The number of likely N-dealkylation sites (N-methyl/N-ethyl adjacent to an activating group) is 1. The van der Waals surface area contributed by atoms with Gasteiger partial charge < -0.3 is 35.2 Å². The molecule has 2 aliphatic heterocycles. The Kier molecular flexibility index (Phi) is 4.78. The van der Waals surface area contributed by atoms with Crippen molar-refractivity contribution < 1.29 is 29.3 Å². The van der Waals surface area contributed by atoms with Crippen LogP contribution in [0, 0.1) is 5.92 Å². The van der Waals surface area contributed by atoms with Crippen molar-refractivity contribution in [3.05, 3.63) is 17.2 Å². The zero-order valence-corrected chi connectivity index (χ0v) is 17.8. The SMILES string of the molecule is COc1cc(O)c2c3c1C[C@@H]1[C@@H]4CC[C@H](NCC(=O)NCC(=O)O)[C@H](O2)[C@]34CCN1C. The molecule has 5 atom stereocenters. The summed E-state index contributed by atoms with van der Waals surface area (Å²) in [5, 5.41) is 25.2. The number of carboxylic acids is 1. The van der Waals surface area contributed by atoms with Gasteiger partial charge in [0.15, 0.2) is 11.5 Å². The number of phenols is 1. The van der Waals surface area contributed by atoms with Crippen LogP contribution in [0.3, 0.4) is 0 Å². The van der Waals surface area contributed by atoms with Gasteiger partial charge in [-0.1, -0.05) is 0 Å². The summed E-state index contributed by atoms with van der Waals surface area (Å²) in [4.78, 5) is 25.2. The van der Waals surface area contributed by atoms with Gasteiger partial charge in [-0.05, 0) is 45.2 Å². The maximum Gasteiger partial charge on any atom is 0.322 e. The molecular weight excluding hydrogens is 402 g/mol. The number of rotatable bonds is 6. The number of amides is 1. The fourth-order valence-corrected chi connectivity index (χ4v) is 6.64. The number of nitrogens with one attached hydrogen (secondary N) is 2. The molecule has 168 valence electrons. The first-order valence-electron chi connectivity index (χ1n) is 10.9. The second kappa shape index (κ2) is 7.27. The number of methoxy groups -OCH3 is 1. The maximum absolute atomic E-state index is 12.1. The number of carboxylic acid groups (broad SMARTS) is 1. The number of likely N-dealkylation sites (tertiary alicyclic amines) is 1. The molecule has 1 amide bonds. The molecule has 5 rings (SSSR count). The van der Waals surface area contributed by atoms with E-state index in [2.05, 4.69) is 22.6 Å². The average Bonchev–Trinajstić information content (AvgIpc) is 3.10. The number of piperidine rings is 1.